The number of aldehydes is 1. The second kappa shape index (κ2) is 2.69. The molecule has 13 heavy (non-hydrogen) atoms. The van der Waals surface area contributed by atoms with E-state index in [2.05, 4.69) is 4.98 Å². The summed E-state index contributed by atoms with van der Waals surface area (Å²) in [5.74, 6) is 0. The van der Waals surface area contributed by atoms with Crippen LogP contribution in [-0.4, -0.2) is 15.7 Å². The van der Waals surface area contributed by atoms with E-state index in [0.29, 0.717) is 5.56 Å². The van der Waals surface area contributed by atoms with Crippen molar-refractivity contribution in [2.24, 2.45) is 0 Å². The third-order valence-electron chi connectivity index (χ3n) is 2.28. The van der Waals surface area contributed by atoms with Gasteiger partial charge in [0, 0.05) is 11.9 Å². The van der Waals surface area contributed by atoms with Crippen LogP contribution < -0.4 is 0 Å². The normalized spacial score (nSPS) is 10.6. The summed E-state index contributed by atoms with van der Waals surface area (Å²) in [5.41, 5.74) is 3.43. The lowest BCUT2D eigenvalue weighted by molar-refractivity contribution is 0.112. The van der Waals surface area contributed by atoms with Gasteiger partial charge in [0.25, 0.3) is 0 Å². The number of carbonyl (C=O) groups excluding carboxylic acids is 1. The maximum atomic E-state index is 10.7. The zero-order valence-electron chi connectivity index (χ0n) is 7.61. The minimum Gasteiger partial charge on any atom is -0.304 e. The van der Waals surface area contributed by atoms with Gasteiger partial charge >= 0.3 is 0 Å². The fourth-order valence-corrected chi connectivity index (χ4v) is 1.41. The van der Waals surface area contributed by atoms with E-state index < -0.39 is 0 Å². The SMILES string of the molecule is Cc1nc2c(C=O)cccn2c1C. The number of aromatic nitrogens is 2. The number of nitrogens with zero attached hydrogens (tertiary/aromatic N) is 2. The molecule has 0 amide bonds. The minimum atomic E-state index is 0.638. The summed E-state index contributed by atoms with van der Waals surface area (Å²) >= 11 is 0. The van der Waals surface area contributed by atoms with Crippen LogP contribution in [0.5, 0.6) is 0 Å². The Balaban J connectivity index is 2.92. The van der Waals surface area contributed by atoms with Crippen LogP contribution in [-0.2, 0) is 0 Å². The van der Waals surface area contributed by atoms with E-state index in [4.69, 9.17) is 0 Å². The van der Waals surface area contributed by atoms with Crippen molar-refractivity contribution in [2.45, 2.75) is 13.8 Å². The summed E-state index contributed by atoms with van der Waals surface area (Å²) in [6.07, 6.45) is 2.75. The van der Waals surface area contributed by atoms with Gasteiger partial charge in [-0.2, -0.15) is 0 Å². The van der Waals surface area contributed by atoms with Crippen LogP contribution in [0.2, 0.25) is 0 Å². The molecule has 0 aliphatic rings. The Hall–Kier alpha value is -1.64. The molecule has 0 aliphatic heterocycles. The van der Waals surface area contributed by atoms with Crippen LogP contribution in [0.3, 0.4) is 0 Å². The van der Waals surface area contributed by atoms with Gasteiger partial charge in [-0.05, 0) is 26.0 Å². The highest BCUT2D eigenvalue weighted by Gasteiger charge is 2.06. The quantitative estimate of drug-likeness (QED) is 0.617. The van der Waals surface area contributed by atoms with Crippen molar-refractivity contribution >= 4 is 11.9 Å². The molecule has 0 saturated heterocycles. The van der Waals surface area contributed by atoms with E-state index in [0.717, 1.165) is 23.3 Å². The van der Waals surface area contributed by atoms with Crippen LogP contribution in [0.15, 0.2) is 18.3 Å². The molecule has 3 heteroatoms. The number of fused-ring (bicyclic) bond motifs is 1. The predicted molar refractivity (Wildman–Crippen MR) is 50.1 cm³/mol. The number of aryl methyl sites for hydroxylation is 2. The van der Waals surface area contributed by atoms with Crippen molar-refractivity contribution < 1.29 is 4.79 Å². The first-order chi connectivity index (χ1) is 6.24. The summed E-state index contributed by atoms with van der Waals surface area (Å²) in [5, 5.41) is 0. The number of pyridine rings is 1. The lowest BCUT2D eigenvalue weighted by atomic mass is 10.3. The monoisotopic (exact) mass is 174 g/mol. The van der Waals surface area contributed by atoms with Gasteiger partial charge in [0.15, 0.2) is 6.29 Å². The maximum Gasteiger partial charge on any atom is 0.153 e. The smallest absolute Gasteiger partial charge is 0.153 e. The first-order valence-electron chi connectivity index (χ1n) is 4.13. The number of imidazole rings is 1. The van der Waals surface area contributed by atoms with Gasteiger partial charge in [-0.25, -0.2) is 4.98 Å². The summed E-state index contributed by atoms with van der Waals surface area (Å²) < 4.78 is 1.93. The predicted octanol–water partition coefficient (Wildman–Crippen LogP) is 1.76. The molecule has 2 heterocycles. The molecule has 0 atom stereocenters. The van der Waals surface area contributed by atoms with Crippen molar-refractivity contribution in [2.75, 3.05) is 0 Å². The first kappa shape index (κ1) is 7.98. The molecule has 2 rings (SSSR count). The van der Waals surface area contributed by atoms with Gasteiger partial charge < -0.3 is 4.40 Å². The Bertz CT molecular complexity index is 471. The molecule has 3 nitrogen and oxygen atoms in total. The van der Waals surface area contributed by atoms with E-state index in [1.807, 2.05) is 30.5 Å². The molecule has 0 spiro atoms. The Morgan fingerprint density at radius 3 is 2.92 bits per heavy atom. The summed E-state index contributed by atoms with van der Waals surface area (Å²) in [6.45, 7) is 3.93. The van der Waals surface area contributed by atoms with Crippen LogP contribution in [0.4, 0.5) is 0 Å². The molecule has 66 valence electrons. The standard InChI is InChI=1S/C10H10N2O/c1-7-8(2)12-5-3-4-9(6-13)10(12)11-7/h3-6H,1-2H3. The van der Waals surface area contributed by atoms with Gasteiger partial charge in [0.2, 0.25) is 0 Å². The van der Waals surface area contributed by atoms with E-state index in [1.165, 1.54) is 0 Å². The second-order valence-corrected chi connectivity index (χ2v) is 3.06. The average molecular weight is 174 g/mol. The Kier molecular flexibility index (Phi) is 1.65. The summed E-state index contributed by atoms with van der Waals surface area (Å²) in [4.78, 5) is 15.0. The van der Waals surface area contributed by atoms with Crippen molar-refractivity contribution in [3.63, 3.8) is 0 Å². The van der Waals surface area contributed by atoms with Crippen LogP contribution >= 0.6 is 0 Å². The molecular weight excluding hydrogens is 164 g/mol. The fourth-order valence-electron chi connectivity index (χ4n) is 1.41. The molecule has 0 unspecified atom stereocenters. The lowest BCUT2D eigenvalue weighted by Gasteiger charge is -1.96. The van der Waals surface area contributed by atoms with Gasteiger partial charge in [-0.3, -0.25) is 4.79 Å². The highest BCUT2D eigenvalue weighted by atomic mass is 16.1. The Morgan fingerprint density at radius 2 is 2.23 bits per heavy atom. The molecular formula is C10H10N2O. The van der Waals surface area contributed by atoms with E-state index in [1.54, 1.807) is 6.07 Å². The number of hydrogen-bond acceptors (Lipinski definition) is 2. The van der Waals surface area contributed by atoms with Crippen molar-refractivity contribution in [3.8, 4) is 0 Å². The molecule has 2 aromatic heterocycles. The van der Waals surface area contributed by atoms with E-state index in [9.17, 15) is 4.79 Å². The number of carbonyl (C=O) groups is 1. The molecule has 0 fully saturated rings. The maximum absolute atomic E-state index is 10.7. The first-order valence-corrected chi connectivity index (χ1v) is 4.13. The van der Waals surface area contributed by atoms with Gasteiger partial charge in [0.1, 0.15) is 5.65 Å². The van der Waals surface area contributed by atoms with Crippen LogP contribution in [0, 0.1) is 13.8 Å². The van der Waals surface area contributed by atoms with Crippen LogP contribution in [0.25, 0.3) is 5.65 Å². The molecule has 0 saturated carbocycles. The molecule has 0 bridgehead atoms. The zero-order valence-corrected chi connectivity index (χ0v) is 7.61. The molecule has 2 aromatic rings. The summed E-state index contributed by atoms with van der Waals surface area (Å²) in [7, 11) is 0. The third-order valence-corrected chi connectivity index (χ3v) is 2.28. The van der Waals surface area contributed by atoms with Crippen molar-refractivity contribution in [3.05, 3.63) is 35.3 Å². The Morgan fingerprint density at radius 1 is 1.46 bits per heavy atom. The van der Waals surface area contributed by atoms with Gasteiger partial charge in [-0.15, -0.1) is 0 Å². The molecule has 0 aliphatic carbocycles. The zero-order chi connectivity index (χ0) is 9.42. The largest absolute Gasteiger partial charge is 0.304 e. The number of hydrogen-bond donors (Lipinski definition) is 0. The fraction of sp³-hybridized carbons (Fsp3) is 0.200. The highest BCUT2D eigenvalue weighted by Crippen LogP contribution is 2.13. The number of rotatable bonds is 1. The molecule has 0 aromatic carbocycles. The lowest BCUT2D eigenvalue weighted by Crippen LogP contribution is -1.91. The van der Waals surface area contributed by atoms with Crippen molar-refractivity contribution in [1.82, 2.24) is 9.38 Å². The van der Waals surface area contributed by atoms with E-state index in [-0.39, 0.29) is 0 Å². The minimum absolute atomic E-state index is 0.638. The highest BCUT2D eigenvalue weighted by molar-refractivity contribution is 5.84. The van der Waals surface area contributed by atoms with Gasteiger partial charge in [0.05, 0.1) is 11.3 Å². The van der Waals surface area contributed by atoms with Crippen molar-refractivity contribution in [1.29, 1.82) is 0 Å². The third kappa shape index (κ3) is 1.04. The molecule has 0 radical (unpaired) electrons. The topological polar surface area (TPSA) is 34.4 Å². The molecule has 0 N–H and O–H groups in total. The summed E-state index contributed by atoms with van der Waals surface area (Å²) in [6, 6.07) is 3.62. The second-order valence-electron chi connectivity index (χ2n) is 3.06. The van der Waals surface area contributed by atoms with Gasteiger partial charge in [-0.1, -0.05) is 0 Å². The Labute approximate surface area is 76.0 Å². The van der Waals surface area contributed by atoms with Crippen LogP contribution in [0.1, 0.15) is 21.7 Å². The van der Waals surface area contributed by atoms with E-state index >= 15 is 0 Å². The average Bonchev–Trinajstić information content (AvgIpc) is 2.43.